The molecule has 0 saturated carbocycles. The average molecular weight is 182 g/mol. The van der Waals surface area contributed by atoms with Crippen molar-refractivity contribution in [2.45, 2.75) is 12.4 Å². The highest BCUT2D eigenvalue weighted by Crippen LogP contribution is 2.25. The third-order valence-corrected chi connectivity index (χ3v) is 1.97. The van der Waals surface area contributed by atoms with Crippen LogP contribution in [0, 0.1) is 0 Å². The van der Waals surface area contributed by atoms with Crippen LogP contribution in [0.5, 0.6) is 0 Å². The third kappa shape index (κ3) is 1.64. The van der Waals surface area contributed by atoms with E-state index in [0.29, 0.717) is 12.2 Å². The Bertz CT molecular complexity index is 279. The Labute approximate surface area is 75.8 Å². The molecule has 0 aliphatic carbocycles. The minimum Gasteiger partial charge on any atom is -0.466 e. The molecule has 2 aliphatic heterocycles. The van der Waals surface area contributed by atoms with Crippen molar-refractivity contribution in [2.75, 3.05) is 13.7 Å². The molecule has 0 aromatic carbocycles. The Hall–Kier alpha value is -1.13. The molecule has 1 fully saturated rings. The summed E-state index contributed by atoms with van der Waals surface area (Å²) in [7, 11) is 1.34. The fourth-order valence-corrected chi connectivity index (χ4v) is 1.30. The van der Waals surface area contributed by atoms with E-state index in [4.69, 9.17) is 9.47 Å². The molecule has 0 unspecified atom stereocenters. The first-order valence-corrected chi connectivity index (χ1v) is 4.04. The molecule has 2 atom stereocenters. The normalized spacial score (nSPS) is 33.8. The standard InChI is InChI=1S/C9H10O4/c1-11-8(10)4-6-2-3-7-5-12-9(6)13-7/h2-4,7,9H,5H2,1H3/b6-4-/t7-,9+/m0/s1. The van der Waals surface area contributed by atoms with Gasteiger partial charge in [-0.15, -0.1) is 0 Å². The van der Waals surface area contributed by atoms with Crippen LogP contribution in [-0.4, -0.2) is 32.1 Å². The first-order chi connectivity index (χ1) is 6.29. The van der Waals surface area contributed by atoms with Gasteiger partial charge in [-0.3, -0.25) is 0 Å². The molecule has 2 rings (SSSR count). The number of methoxy groups -OCH3 is 1. The minimum atomic E-state index is -0.394. The number of carbonyl (C=O) groups excluding carboxylic acids is 1. The van der Waals surface area contributed by atoms with E-state index in [2.05, 4.69) is 4.74 Å². The van der Waals surface area contributed by atoms with E-state index in [-0.39, 0.29) is 6.10 Å². The summed E-state index contributed by atoms with van der Waals surface area (Å²) >= 11 is 0. The predicted octanol–water partition coefficient (Wildman–Crippen LogP) is 0.397. The van der Waals surface area contributed by atoms with Gasteiger partial charge in [-0.2, -0.15) is 0 Å². The fraction of sp³-hybridized carbons (Fsp3) is 0.444. The monoisotopic (exact) mass is 182 g/mol. The van der Waals surface area contributed by atoms with Crippen molar-refractivity contribution in [1.82, 2.24) is 0 Å². The van der Waals surface area contributed by atoms with Gasteiger partial charge in [-0.25, -0.2) is 4.79 Å². The smallest absolute Gasteiger partial charge is 0.330 e. The van der Waals surface area contributed by atoms with Crippen molar-refractivity contribution in [2.24, 2.45) is 0 Å². The molecule has 0 amide bonds. The molecule has 0 radical (unpaired) electrons. The second-order valence-corrected chi connectivity index (χ2v) is 2.87. The zero-order chi connectivity index (χ0) is 9.26. The molecule has 4 nitrogen and oxygen atoms in total. The van der Waals surface area contributed by atoms with Crippen molar-refractivity contribution in [1.29, 1.82) is 0 Å². The number of esters is 1. The van der Waals surface area contributed by atoms with Crippen LogP contribution >= 0.6 is 0 Å². The number of carbonyl (C=O) groups is 1. The summed E-state index contributed by atoms with van der Waals surface area (Å²) < 4.78 is 15.1. The van der Waals surface area contributed by atoms with E-state index in [1.165, 1.54) is 13.2 Å². The van der Waals surface area contributed by atoms with Crippen LogP contribution in [-0.2, 0) is 19.0 Å². The van der Waals surface area contributed by atoms with E-state index in [9.17, 15) is 4.79 Å². The van der Waals surface area contributed by atoms with Crippen LogP contribution in [0.15, 0.2) is 23.8 Å². The first-order valence-electron chi connectivity index (χ1n) is 4.04. The molecular formula is C9H10O4. The van der Waals surface area contributed by atoms with Crippen molar-refractivity contribution in [3.8, 4) is 0 Å². The van der Waals surface area contributed by atoms with Crippen LogP contribution in [0.4, 0.5) is 0 Å². The van der Waals surface area contributed by atoms with E-state index in [1.54, 1.807) is 0 Å². The molecule has 13 heavy (non-hydrogen) atoms. The zero-order valence-corrected chi connectivity index (χ0v) is 7.23. The fourth-order valence-electron chi connectivity index (χ4n) is 1.30. The van der Waals surface area contributed by atoms with E-state index in [1.807, 2.05) is 12.2 Å². The molecule has 2 bridgehead atoms. The molecule has 2 heterocycles. The lowest BCUT2D eigenvalue weighted by atomic mass is 10.1. The summed E-state index contributed by atoms with van der Waals surface area (Å²) in [5.41, 5.74) is 0.709. The van der Waals surface area contributed by atoms with Gasteiger partial charge in [0, 0.05) is 11.6 Å². The van der Waals surface area contributed by atoms with Crippen molar-refractivity contribution in [3.05, 3.63) is 23.8 Å². The highest BCUT2D eigenvalue weighted by Gasteiger charge is 2.30. The average Bonchev–Trinajstić information content (AvgIpc) is 2.54. The van der Waals surface area contributed by atoms with Crippen LogP contribution in [0.1, 0.15) is 0 Å². The maximum absolute atomic E-state index is 10.9. The largest absolute Gasteiger partial charge is 0.466 e. The number of ether oxygens (including phenoxy) is 3. The molecule has 0 spiro atoms. The zero-order valence-electron chi connectivity index (χ0n) is 7.23. The van der Waals surface area contributed by atoms with Gasteiger partial charge in [-0.1, -0.05) is 12.2 Å². The van der Waals surface area contributed by atoms with Gasteiger partial charge in [0.05, 0.1) is 13.7 Å². The highest BCUT2D eigenvalue weighted by atomic mass is 16.7. The molecule has 0 N–H and O–H groups in total. The molecule has 1 saturated heterocycles. The minimum absolute atomic E-state index is 0.0415. The number of fused-ring (bicyclic) bond motifs is 2. The Morgan fingerprint density at radius 3 is 3.38 bits per heavy atom. The maximum atomic E-state index is 10.9. The lowest BCUT2D eigenvalue weighted by Gasteiger charge is -2.14. The summed E-state index contributed by atoms with van der Waals surface area (Å²) in [6.45, 7) is 0.555. The summed E-state index contributed by atoms with van der Waals surface area (Å²) in [5, 5.41) is 0. The van der Waals surface area contributed by atoms with Gasteiger partial charge < -0.3 is 14.2 Å². The molecule has 70 valence electrons. The Kier molecular flexibility index (Phi) is 2.16. The van der Waals surface area contributed by atoms with E-state index in [0.717, 1.165) is 0 Å². The van der Waals surface area contributed by atoms with Gasteiger partial charge in [0.25, 0.3) is 0 Å². The van der Waals surface area contributed by atoms with Gasteiger partial charge in [0.1, 0.15) is 6.10 Å². The van der Waals surface area contributed by atoms with Gasteiger partial charge in [0.15, 0.2) is 6.29 Å². The Morgan fingerprint density at radius 2 is 2.62 bits per heavy atom. The van der Waals surface area contributed by atoms with E-state index >= 15 is 0 Å². The second kappa shape index (κ2) is 3.32. The van der Waals surface area contributed by atoms with Gasteiger partial charge in [0.2, 0.25) is 0 Å². The predicted molar refractivity (Wildman–Crippen MR) is 43.9 cm³/mol. The van der Waals surface area contributed by atoms with Gasteiger partial charge >= 0.3 is 5.97 Å². The molecule has 0 aromatic rings. The van der Waals surface area contributed by atoms with Crippen LogP contribution < -0.4 is 0 Å². The second-order valence-electron chi connectivity index (χ2n) is 2.87. The molecule has 4 heteroatoms. The molecule has 0 aromatic heterocycles. The summed E-state index contributed by atoms with van der Waals surface area (Å²) in [5.74, 6) is -0.391. The Morgan fingerprint density at radius 1 is 1.77 bits per heavy atom. The summed E-state index contributed by atoms with van der Waals surface area (Å²) in [4.78, 5) is 10.9. The lowest BCUT2D eigenvalue weighted by molar-refractivity contribution is -0.135. The Balaban J connectivity index is 2.16. The van der Waals surface area contributed by atoms with E-state index < -0.39 is 12.3 Å². The number of rotatable bonds is 1. The van der Waals surface area contributed by atoms with Gasteiger partial charge in [-0.05, 0) is 0 Å². The third-order valence-electron chi connectivity index (χ3n) is 1.97. The lowest BCUT2D eigenvalue weighted by Crippen LogP contribution is -2.17. The summed E-state index contributed by atoms with van der Waals surface area (Å²) in [6, 6.07) is 0. The quantitative estimate of drug-likeness (QED) is 0.435. The molecular weight excluding hydrogens is 172 g/mol. The number of hydrogen-bond donors (Lipinski definition) is 0. The first kappa shape index (κ1) is 8.47. The van der Waals surface area contributed by atoms with Crippen molar-refractivity contribution >= 4 is 5.97 Å². The van der Waals surface area contributed by atoms with Crippen molar-refractivity contribution < 1.29 is 19.0 Å². The van der Waals surface area contributed by atoms with Crippen LogP contribution in [0.25, 0.3) is 0 Å². The number of hydrogen-bond acceptors (Lipinski definition) is 4. The SMILES string of the molecule is COC(=O)/C=C1/C=C[C@H]2CO[C@@H]1O2. The van der Waals surface area contributed by atoms with Crippen LogP contribution in [0.3, 0.4) is 0 Å². The molecule has 2 aliphatic rings. The topological polar surface area (TPSA) is 44.8 Å². The summed E-state index contributed by atoms with van der Waals surface area (Å²) in [6.07, 6.45) is 4.73. The maximum Gasteiger partial charge on any atom is 0.330 e. The van der Waals surface area contributed by atoms with Crippen molar-refractivity contribution in [3.63, 3.8) is 0 Å². The highest BCUT2D eigenvalue weighted by molar-refractivity contribution is 5.83. The van der Waals surface area contributed by atoms with Crippen LogP contribution in [0.2, 0.25) is 0 Å².